The SMILES string of the molecule is N/C(=N\OC(=O)C(Cl)Cl)c1ccc(F)cc1. The molecule has 1 rings (SSSR count). The molecule has 1 aromatic rings. The molecule has 16 heavy (non-hydrogen) atoms. The fraction of sp³-hybridized carbons (Fsp3) is 0.111. The summed E-state index contributed by atoms with van der Waals surface area (Å²) in [7, 11) is 0. The summed E-state index contributed by atoms with van der Waals surface area (Å²) in [6.45, 7) is 0. The monoisotopic (exact) mass is 264 g/mol. The van der Waals surface area contributed by atoms with E-state index in [4.69, 9.17) is 28.9 Å². The zero-order valence-electron chi connectivity index (χ0n) is 7.86. The second-order valence-corrected chi connectivity index (χ2v) is 3.79. The Morgan fingerprint density at radius 2 is 1.94 bits per heavy atom. The Morgan fingerprint density at radius 3 is 2.44 bits per heavy atom. The van der Waals surface area contributed by atoms with Gasteiger partial charge in [-0.05, 0) is 24.3 Å². The van der Waals surface area contributed by atoms with E-state index in [9.17, 15) is 9.18 Å². The van der Waals surface area contributed by atoms with Crippen molar-refractivity contribution in [3.8, 4) is 0 Å². The Labute approximate surface area is 101 Å². The molecule has 4 nitrogen and oxygen atoms in total. The molecule has 0 aliphatic rings. The number of alkyl halides is 2. The highest BCUT2D eigenvalue weighted by atomic mass is 35.5. The van der Waals surface area contributed by atoms with Crippen molar-refractivity contribution >= 4 is 35.0 Å². The molecule has 0 heterocycles. The summed E-state index contributed by atoms with van der Waals surface area (Å²) < 4.78 is 12.6. The van der Waals surface area contributed by atoms with Crippen LogP contribution in [0.15, 0.2) is 29.4 Å². The van der Waals surface area contributed by atoms with Crippen molar-refractivity contribution in [3.05, 3.63) is 35.6 Å². The van der Waals surface area contributed by atoms with Crippen molar-refractivity contribution in [2.24, 2.45) is 10.9 Å². The topological polar surface area (TPSA) is 64.7 Å². The fourth-order valence-electron chi connectivity index (χ4n) is 0.807. The third-order valence-corrected chi connectivity index (χ3v) is 1.91. The Hall–Kier alpha value is -1.33. The predicted octanol–water partition coefficient (Wildman–Crippen LogP) is 1.79. The summed E-state index contributed by atoms with van der Waals surface area (Å²) >= 11 is 10.4. The molecule has 1 aromatic carbocycles. The van der Waals surface area contributed by atoms with Crippen molar-refractivity contribution in [1.82, 2.24) is 0 Å². The first-order valence-electron chi connectivity index (χ1n) is 4.09. The van der Waals surface area contributed by atoms with Crippen LogP contribution in [0.1, 0.15) is 5.56 Å². The van der Waals surface area contributed by atoms with Crippen LogP contribution in [-0.2, 0) is 9.63 Å². The van der Waals surface area contributed by atoms with E-state index in [1.165, 1.54) is 24.3 Å². The van der Waals surface area contributed by atoms with Crippen LogP contribution < -0.4 is 5.73 Å². The van der Waals surface area contributed by atoms with Crippen LogP contribution in [0.3, 0.4) is 0 Å². The van der Waals surface area contributed by atoms with E-state index in [-0.39, 0.29) is 5.84 Å². The third-order valence-electron chi connectivity index (χ3n) is 1.55. The van der Waals surface area contributed by atoms with Crippen LogP contribution in [0.4, 0.5) is 4.39 Å². The van der Waals surface area contributed by atoms with Gasteiger partial charge < -0.3 is 10.6 Å². The van der Waals surface area contributed by atoms with Crippen molar-refractivity contribution < 1.29 is 14.0 Å². The molecule has 0 atom stereocenters. The minimum Gasteiger partial charge on any atom is -0.380 e. The minimum atomic E-state index is -1.33. The lowest BCUT2D eigenvalue weighted by Gasteiger charge is -2.01. The normalized spacial score (nSPS) is 11.6. The third kappa shape index (κ3) is 3.67. The second kappa shape index (κ2) is 5.67. The molecule has 0 bridgehead atoms. The molecule has 0 amide bonds. The van der Waals surface area contributed by atoms with Crippen LogP contribution in [0.2, 0.25) is 0 Å². The summed E-state index contributed by atoms with van der Waals surface area (Å²) in [5.41, 5.74) is 5.87. The molecule has 0 aromatic heterocycles. The van der Waals surface area contributed by atoms with Gasteiger partial charge >= 0.3 is 5.97 Å². The molecule has 0 spiro atoms. The van der Waals surface area contributed by atoms with Crippen LogP contribution in [0, 0.1) is 5.82 Å². The van der Waals surface area contributed by atoms with Crippen LogP contribution in [0.5, 0.6) is 0 Å². The number of hydrogen-bond acceptors (Lipinski definition) is 3. The summed E-state index contributed by atoms with van der Waals surface area (Å²) in [5, 5.41) is 3.30. The van der Waals surface area contributed by atoms with E-state index in [2.05, 4.69) is 9.99 Å². The van der Waals surface area contributed by atoms with Gasteiger partial charge in [-0.25, -0.2) is 9.18 Å². The van der Waals surface area contributed by atoms with Gasteiger partial charge in [0.15, 0.2) is 5.84 Å². The molecule has 0 aliphatic heterocycles. The number of carbonyl (C=O) groups excluding carboxylic acids is 1. The molecule has 0 saturated heterocycles. The molecular weight excluding hydrogens is 258 g/mol. The highest BCUT2D eigenvalue weighted by Crippen LogP contribution is 2.05. The summed E-state index contributed by atoms with van der Waals surface area (Å²) in [5.74, 6) is -1.43. The van der Waals surface area contributed by atoms with Crippen LogP contribution in [0.25, 0.3) is 0 Å². The standard InChI is InChI=1S/C9H7Cl2FN2O2/c10-7(11)9(15)16-14-8(13)5-1-3-6(12)4-2-5/h1-4,7H,(H2,13,14). The molecule has 2 N–H and O–H groups in total. The first-order valence-corrected chi connectivity index (χ1v) is 4.96. The number of nitrogens with zero attached hydrogens (tertiary/aromatic N) is 1. The molecule has 0 unspecified atom stereocenters. The number of amidine groups is 1. The average Bonchev–Trinajstić information content (AvgIpc) is 2.26. The highest BCUT2D eigenvalue weighted by molar-refractivity contribution is 6.52. The second-order valence-electron chi connectivity index (χ2n) is 2.69. The largest absolute Gasteiger partial charge is 0.380 e. The molecule has 7 heteroatoms. The summed E-state index contributed by atoms with van der Waals surface area (Å²) in [6, 6.07) is 5.18. The number of carbonyl (C=O) groups is 1. The zero-order valence-corrected chi connectivity index (χ0v) is 9.37. The van der Waals surface area contributed by atoms with E-state index in [1.807, 2.05) is 0 Å². The molecule has 86 valence electrons. The number of rotatable bonds is 3. The summed E-state index contributed by atoms with van der Waals surface area (Å²) in [4.78, 5) is 13.8. The van der Waals surface area contributed by atoms with E-state index in [0.717, 1.165) is 0 Å². The molecule has 0 saturated carbocycles. The van der Waals surface area contributed by atoms with E-state index >= 15 is 0 Å². The highest BCUT2D eigenvalue weighted by Gasteiger charge is 2.13. The lowest BCUT2D eigenvalue weighted by molar-refractivity contribution is -0.141. The maximum Gasteiger partial charge on any atom is 0.367 e. The maximum atomic E-state index is 12.6. The van der Waals surface area contributed by atoms with E-state index in [1.54, 1.807) is 0 Å². The van der Waals surface area contributed by atoms with Gasteiger partial charge in [0.05, 0.1) is 0 Å². The number of nitrogens with two attached hydrogens (primary N) is 1. The Balaban J connectivity index is 2.70. The Bertz CT molecular complexity index is 406. The van der Waals surface area contributed by atoms with Gasteiger partial charge in [-0.2, -0.15) is 0 Å². The van der Waals surface area contributed by atoms with Crippen molar-refractivity contribution in [2.45, 2.75) is 4.84 Å². The van der Waals surface area contributed by atoms with E-state index < -0.39 is 16.6 Å². The first kappa shape index (κ1) is 12.7. The lowest BCUT2D eigenvalue weighted by atomic mass is 10.2. The van der Waals surface area contributed by atoms with Gasteiger partial charge in [0.1, 0.15) is 5.82 Å². The van der Waals surface area contributed by atoms with Crippen molar-refractivity contribution in [3.63, 3.8) is 0 Å². The minimum absolute atomic E-state index is 0.0812. The van der Waals surface area contributed by atoms with Crippen molar-refractivity contribution in [2.75, 3.05) is 0 Å². The number of halogens is 3. The van der Waals surface area contributed by atoms with Gasteiger partial charge in [-0.3, -0.25) is 0 Å². The van der Waals surface area contributed by atoms with E-state index in [0.29, 0.717) is 5.56 Å². The van der Waals surface area contributed by atoms with Crippen molar-refractivity contribution in [1.29, 1.82) is 0 Å². The Morgan fingerprint density at radius 1 is 1.38 bits per heavy atom. The average molecular weight is 265 g/mol. The number of hydrogen-bond donors (Lipinski definition) is 1. The predicted molar refractivity (Wildman–Crippen MR) is 58.7 cm³/mol. The molecular formula is C9H7Cl2FN2O2. The van der Waals surface area contributed by atoms with Gasteiger partial charge in [0.2, 0.25) is 4.84 Å². The smallest absolute Gasteiger partial charge is 0.367 e. The maximum absolute atomic E-state index is 12.6. The molecule has 0 radical (unpaired) electrons. The fourth-order valence-corrected chi connectivity index (χ4v) is 0.887. The van der Waals surface area contributed by atoms with Gasteiger partial charge in [-0.1, -0.05) is 28.4 Å². The number of benzene rings is 1. The number of oxime groups is 1. The zero-order chi connectivity index (χ0) is 12.1. The van der Waals surface area contributed by atoms with Gasteiger partial charge in [0.25, 0.3) is 0 Å². The lowest BCUT2D eigenvalue weighted by Crippen LogP contribution is -2.17. The molecule has 0 aliphatic carbocycles. The van der Waals surface area contributed by atoms with Gasteiger partial charge in [-0.15, -0.1) is 0 Å². The quantitative estimate of drug-likeness (QED) is 0.298. The summed E-state index contributed by atoms with van der Waals surface area (Å²) in [6.07, 6.45) is 0. The van der Waals surface area contributed by atoms with Gasteiger partial charge in [0, 0.05) is 5.56 Å². The van der Waals surface area contributed by atoms with Crippen LogP contribution >= 0.6 is 23.2 Å². The van der Waals surface area contributed by atoms with Crippen LogP contribution in [-0.4, -0.2) is 16.6 Å². The Kier molecular flexibility index (Phi) is 4.52. The molecule has 0 fully saturated rings. The first-order chi connectivity index (χ1) is 7.50.